The number of nitrogens with one attached hydrogen (secondary N) is 1. The number of sulfonamides is 1. The Morgan fingerprint density at radius 1 is 1.50 bits per heavy atom. The van der Waals surface area contributed by atoms with Gasteiger partial charge in [0.15, 0.2) is 5.75 Å². The number of hydrogen-bond acceptors (Lipinski definition) is 6. The molecule has 0 spiro atoms. The molecule has 0 bridgehead atoms. The molecule has 20 heavy (non-hydrogen) atoms. The largest absolute Gasteiger partial charge is 0.494 e. The number of anilines is 1. The molecule has 0 atom stereocenters. The predicted octanol–water partition coefficient (Wildman–Crippen LogP) is 0.820. The first-order valence-electron chi connectivity index (χ1n) is 5.38. The highest BCUT2D eigenvalue weighted by Gasteiger charge is 2.22. The van der Waals surface area contributed by atoms with Gasteiger partial charge in [-0.1, -0.05) is 0 Å². The van der Waals surface area contributed by atoms with E-state index in [-0.39, 0.29) is 11.4 Å². The SMILES string of the molecule is CCOc1ccc(NS(=O)(=O)CC(=O)O)c([N+](=O)[O-])c1. The van der Waals surface area contributed by atoms with E-state index >= 15 is 0 Å². The Morgan fingerprint density at radius 2 is 2.15 bits per heavy atom. The molecule has 110 valence electrons. The standard InChI is InChI=1S/C10H12N2O7S/c1-2-19-7-3-4-8(9(5-7)12(15)16)11-20(17,18)6-10(13)14/h3-5,11H,2,6H2,1H3,(H,13,14). The van der Waals surface area contributed by atoms with Crippen LogP contribution >= 0.6 is 0 Å². The number of carboxylic acid groups (broad SMARTS) is 1. The molecule has 1 aromatic rings. The molecule has 0 aliphatic rings. The molecule has 9 nitrogen and oxygen atoms in total. The number of nitrogens with zero attached hydrogens (tertiary/aromatic N) is 1. The summed E-state index contributed by atoms with van der Waals surface area (Å²) in [4.78, 5) is 20.5. The molecule has 0 aromatic heterocycles. The predicted molar refractivity (Wildman–Crippen MR) is 69.3 cm³/mol. The zero-order valence-corrected chi connectivity index (χ0v) is 11.2. The molecule has 10 heteroatoms. The van der Waals surface area contributed by atoms with Crippen LogP contribution in [0, 0.1) is 10.1 Å². The van der Waals surface area contributed by atoms with Crippen LogP contribution in [0.3, 0.4) is 0 Å². The smallest absolute Gasteiger partial charge is 0.320 e. The number of nitro benzene ring substituents is 1. The summed E-state index contributed by atoms with van der Waals surface area (Å²) < 4.78 is 29.8. The minimum atomic E-state index is -4.21. The second-order valence-electron chi connectivity index (χ2n) is 3.62. The van der Waals surface area contributed by atoms with Crippen molar-refractivity contribution in [3.05, 3.63) is 28.3 Å². The maximum atomic E-state index is 11.5. The summed E-state index contributed by atoms with van der Waals surface area (Å²) >= 11 is 0. The Kier molecular flexibility index (Phi) is 4.86. The summed E-state index contributed by atoms with van der Waals surface area (Å²) in [5, 5.41) is 19.3. The summed E-state index contributed by atoms with van der Waals surface area (Å²) in [5.74, 6) is -2.54. The van der Waals surface area contributed by atoms with Crippen LogP contribution in [-0.4, -0.2) is 36.8 Å². The van der Waals surface area contributed by atoms with E-state index < -0.39 is 32.4 Å². The lowest BCUT2D eigenvalue weighted by Gasteiger charge is -2.08. The lowest BCUT2D eigenvalue weighted by molar-refractivity contribution is -0.384. The van der Waals surface area contributed by atoms with Crippen LogP contribution in [0.4, 0.5) is 11.4 Å². The van der Waals surface area contributed by atoms with Crippen molar-refractivity contribution in [1.29, 1.82) is 0 Å². The van der Waals surface area contributed by atoms with Gasteiger partial charge in [0.1, 0.15) is 11.4 Å². The van der Waals surface area contributed by atoms with Crippen LogP contribution in [0.2, 0.25) is 0 Å². The lowest BCUT2D eigenvalue weighted by Crippen LogP contribution is -2.22. The van der Waals surface area contributed by atoms with E-state index in [1.165, 1.54) is 6.07 Å². The molecule has 0 aliphatic carbocycles. The molecular weight excluding hydrogens is 292 g/mol. The van der Waals surface area contributed by atoms with Crippen LogP contribution in [0.15, 0.2) is 18.2 Å². The summed E-state index contributed by atoms with van der Waals surface area (Å²) in [5.41, 5.74) is -0.843. The van der Waals surface area contributed by atoms with E-state index in [1.54, 1.807) is 6.92 Å². The number of carboxylic acids is 1. The molecule has 0 radical (unpaired) electrons. The quantitative estimate of drug-likeness (QED) is 0.562. The van der Waals surface area contributed by atoms with E-state index in [4.69, 9.17) is 9.84 Å². The summed E-state index contributed by atoms with van der Waals surface area (Å²) in [6, 6.07) is 3.54. The zero-order chi connectivity index (χ0) is 15.3. The van der Waals surface area contributed by atoms with E-state index in [2.05, 4.69) is 0 Å². The Hall–Kier alpha value is -2.36. The van der Waals surface area contributed by atoms with Crippen molar-refractivity contribution in [2.24, 2.45) is 0 Å². The van der Waals surface area contributed by atoms with Gasteiger partial charge in [-0.05, 0) is 19.1 Å². The van der Waals surface area contributed by atoms with Crippen molar-refractivity contribution in [2.45, 2.75) is 6.92 Å². The Labute approximate surface area is 114 Å². The Morgan fingerprint density at radius 3 is 2.65 bits per heavy atom. The van der Waals surface area contributed by atoms with Crippen LogP contribution in [0.5, 0.6) is 5.75 Å². The van der Waals surface area contributed by atoms with Crippen molar-refractivity contribution >= 4 is 27.4 Å². The van der Waals surface area contributed by atoms with Crippen LogP contribution in [0.1, 0.15) is 6.92 Å². The fourth-order valence-corrected chi connectivity index (χ4v) is 2.28. The van der Waals surface area contributed by atoms with E-state index in [1.807, 2.05) is 4.72 Å². The van der Waals surface area contributed by atoms with Crippen molar-refractivity contribution in [1.82, 2.24) is 0 Å². The van der Waals surface area contributed by atoms with Gasteiger partial charge >= 0.3 is 5.97 Å². The highest BCUT2D eigenvalue weighted by molar-refractivity contribution is 7.93. The second-order valence-corrected chi connectivity index (χ2v) is 5.35. The van der Waals surface area contributed by atoms with Gasteiger partial charge in [0.2, 0.25) is 10.0 Å². The van der Waals surface area contributed by atoms with Crippen molar-refractivity contribution in [3.63, 3.8) is 0 Å². The Balaban J connectivity index is 3.12. The molecule has 2 N–H and O–H groups in total. The average molecular weight is 304 g/mol. The molecule has 0 aliphatic heterocycles. The number of aliphatic carboxylic acids is 1. The fraction of sp³-hybridized carbons (Fsp3) is 0.300. The highest BCUT2D eigenvalue weighted by Crippen LogP contribution is 2.29. The normalized spacial score (nSPS) is 10.8. The van der Waals surface area contributed by atoms with Crippen molar-refractivity contribution in [2.75, 3.05) is 17.1 Å². The Bertz CT molecular complexity index is 626. The summed E-state index contributed by atoms with van der Waals surface area (Å²) in [7, 11) is -4.21. The van der Waals surface area contributed by atoms with Crippen molar-refractivity contribution < 1.29 is 28.0 Å². The van der Waals surface area contributed by atoms with Gasteiger partial charge in [-0.15, -0.1) is 0 Å². The highest BCUT2D eigenvalue weighted by atomic mass is 32.2. The van der Waals surface area contributed by atoms with Gasteiger partial charge in [-0.2, -0.15) is 0 Å². The van der Waals surface area contributed by atoms with Crippen LogP contribution in [0.25, 0.3) is 0 Å². The number of ether oxygens (including phenoxy) is 1. The summed E-state index contributed by atoms with van der Waals surface area (Å²) in [6.07, 6.45) is 0. The molecule has 1 aromatic carbocycles. The molecule has 0 amide bonds. The third-order valence-corrected chi connectivity index (χ3v) is 3.21. The first kappa shape index (κ1) is 15.7. The fourth-order valence-electron chi connectivity index (χ4n) is 1.37. The van der Waals surface area contributed by atoms with Gasteiger partial charge < -0.3 is 9.84 Å². The maximum Gasteiger partial charge on any atom is 0.320 e. The third-order valence-electron chi connectivity index (χ3n) is 2.06. The average Bonchev–Trinajstić information content (AvgIpc) is 2.28. The van der Waals surface area contributed by atoms with E-state index in [0.717, 1.165) is 12.1 Å². The van der Waals surface area contributed by atoms with E-state index in [0.29, 0.717) is 6.61 Å². The number of hydrogen-bond donors (Lipinski definition) is 2. The molecule has 1 rings (SSSR count). The zero-order valence-electron chi connectivity index (χ0n) is 10.4. The molecular formula is C10H12N2O7S. The van der Waals surface area contributed by atoms with Gasteiger partial charge in [-0.25, -0.2) is 8.42 Å². The molecule has 0 heterocycles. The first-order chi connectivity index (χ1) is 9.25. The minimum absolute atomic E-state index is 0.209. The number of nitro groups is 1. The minimum Gasteiger partial charge on any atom is -0.494 e. The summed E-state index contributed by atoms with van der Waals surface area (Å²) in [6.45, 7) is 1.98. The van der Waals surface area contributed by atoms with Crippen molar-refractivity contribution in [3.8, 4) is 5.75 Å². The topological polar surface area (TPSA) is 136 Å². The number of rotatable bonds is 7. The molecule has 0 saturated heterocycles. The molecule has 0 unspecified atom stereocenters. The third kappa shape index (κ3) is 4.39. The van der Waals surface area contributed by atoms with Crippen LogP contribution in [-0.2, 0) is 14.8 Å². The van der Waals surface area contributed by atoms with Gasteiger partial charge in [0, 0.05) is 0 Å². The second kappa shape index (κ2) is 6.19. The molecule has 0 fully saturated rings. The number of carbonyl (C=O) groups is 1. The maximum absolute atomic E-state index is 11.5. The lowest BCUT2D eigenvalue weighted by atomic mass is 10.2. The van der Waals surface area contributed by atoms with Gasteiger partial charge in [0.05, 0.1) is 17.6 Å². The van der Waals surface area contributed by atoms with Gasteiger partial charge in [0.25, 0.3) is 5.69 Å². The monoisotopic (exact) mass is 304 g/mol. The molecule has 0 saturated carbocycles. The number of benzene rings is 1. The van der Waals surface area contributed by atoms with Crippen LogP contribution < -0.4 is 9.46 Å². The van der Waals surface area contributed by atoms with Gasteiger partial charge in [-0.3, -0.25) is 19.6 Å². The first-order valence-corrected chi connectivity index (χ1v) is 7.04. The van der Waals surface area contributed by atoms with E-state index in [9.17, 15) is 23.3 Å².